The highest BCUT2D eigenvalue weighted by Crippen LogP contribution is 2.36. The van der Waals surface area contributed by atoms with Gasteiger partial charge in [-0.05, 0) is 36.4 Å². The molecule has 1 aromatic heterocycles. The smallest absolute Gasteiger partial charge is 0.360 e. The number of amides is 1. The molecule has 0 spiro atoms. The molecular weight excluding hydrogens is 376 g/mol. The van der Waals surface area contributed by atoms with Gasteiger partial charge < -0.3 is 10.3 Å². The number of fused-ring (bicyclic) bond motifs is 1. The Labute approximate surface area is 148 Å². The maximum atomic E-state index is 13.2. The number of benzene rings is 2. The molecule has 0 saturated carbocycles. The summed E-state index contributed by atoms with van der Waals surface area (Å²) >= 11 is 5.50. The molecule has 0 atom stereocenters. The Morgan fingerprint density at radius 1 is 1.08 bits per heavy atom. The molecule has 0 aliphatic rings. The lowest BCUT2D eigenvalue weighted by molar-refractivity contribution is -0.137. The molecule has 0 fully saturated rings. The predicted octanol–water partition coefficient (Wildman–Crippen LogP) is 4.80. The monoisotopic (exact) mass is 384 g/mol. The van der Waals surface area contributed by atoms with E-state index in [0.717, 1.165) is 24.3 Å². The van der Waals surface area contributed by atoms with Crippen molar-refractivity contribution in [2.45, 2.75) is 6.18 Å². The van der Waals surface area contributed by atoms with Crippen molar-refractivity contribution in [3.05, 3.63) is 64.6 Å². The van der Waals surface area contributed by atoms with Crippen molar-refractivity contribution in [1.29, 1.82) is 0 Å². The minimum Gasteiger partial charge on any atom is -0.360 e. The van der Waals surface area contributed by atoms with Crippen LogP contribution in [0.15, 0.2) is 42.6 Å². The lowest BCUT2D eigenvalue weighted by Gasteiger charge is -2.11. The number of Topliss-reactive ketones (excluding diaryl/α,β-unsaturated/α-hetero) is 1. The molecule has 0 aliphatic carbocycles. The summed E-state index contributed by atoms with van der Waals surface area (Å²) in [4.78, 5) is 27.0. The van der Waals surface area contributed by atoms with Crippen molar-refractivity contribution in [1.82, 2.24) is 4.98 Å². The third-order valence-electron chi connectivity index (χ3n) is 3.62. The third-order valence-corrected chi connectivity index (χ3v) is 3.95. The molecule has 4 nitrogen and oxygen atoms in total. The zero-order valence-corrected chi connectivity index (χ0v) is 13.5. The fourth-order valence-corrected chi connectivity index (χ4v) is 2.64. The highest BCUT2D eigenvalue weighted by Gasteiger charge is 2.33. The number of rotatable bonds is 3. The second-order valence-electron chi connectivity index (χ2n) is 5.37. The normalized spacial score (nSPS) is 11.6. The molecule has 1 amide bonds. The van der Waals surface area contributed by atoms with Crippen molar-refractivity contribution in [3.8, 4) is 0 Å². The summed E-state index contributed by atoms with van der Waals surface area (Å²) in [6.07, 6.45) is -3.47. The minimum atomic E-state index is -4.71. The molecule has 26 heavy (non-hydrogen) atoms. The first kappa shape index (κ1) is 17.9. The number of carbonyl (C=O) groups is 2. The van der Waals surface area contributed by atoms with E-state index in [4.69, 9.17) is 11.6 Å². The van der Waals surface area contributed by atoms with E-state index in [0.29, 0.717) is 17.0 Å². The van der Waals surface area contributed by atoms with Crippen molar-refractivity contribution in [3.63, 3.8) is 0 Å². The Morgan fingerprint density at radius 3 is 2.50 bits per heavy atom. The number of hydrogen-bond acceptors (Lipinski definition) is 2. The Balaban J connectivity index is 1.87. The van der Waals surface area contributed by atoms with Gasteiger partial charge in [-0.25, -0.2) is 4.39 Å². The van der Waals surface area contributed by atoms with Crippen molar-refractivity contribution < 1.29 is 27.2 Å². The Bertz CT molecular complexity index is 1030. The zero-order chi connectivity index (χ0) is 19.1. The summed E-state index contributed by atoms with van der Waals surface area (Å²) in [5.74, 6) is -2.64. The predicted molar refractivity (Wildman–Crippen MR) is 87.7 cm³/mol. The Hall–Kier alpha value is -2.87. The van der Waals surface area contributed by atoms with Gasteiger partial charge in [0, 0.05) is 22.8 Å². The van der Waals surface area contributed by atoms with Crippen LogP contribution in [0, 0.1) is 5.82 Å². The van der Waals surface area contributed by atoms with Crippen molar-refractivity contribution in [2.24, 2.45) is 0 Å². The molecule has 0 aliphatic heterocycles. The first-order chi connectivity index (χ1) is 12.2. The second-order valence-corrected chi connectivity index (χ2v) is 5.78. The number of anilines is 1. The van der Waals surface area contributed by atoms with Gasteiger partial charge in [0.25, 0.3) is 11.7 Å². The lowest BCUT2D eigenvalue weighted by Crippen LogP contribution is -2.23. The number of halogens is 5. The molecule has 3 aromatic rings. The topological polar surface area (TPSA) is 62.0 Å². The largest absolute Gasteiger partial charge is 0.417 e. The van der Waals surface area contributed by atoms with E-state index in [1.807, 2.05) is 0 Å². The minimum absolute atomic E-state index is 0.0255. The van der Waals surface area contributed by atoms with Gasteiger partial charge in [-0.15, -0.1) is 0 Å². The summed E-state index contributed by atoms with van der Waals surface area (Å²) < 4.78 is 51.7. The summed E-state index contributed by atoms with van der Waals surface area (Å²) in [7, 11) is 0. The summed E-state index contributed by atoms with van der Waals surface area (Å²) in [5, 5.41) is 1.90. The molecule has 1 heterocycles. The number of aromatic nitrogens is 1. The number of nitrogens with one attached hydrogen (secondary N) is 2. The molecule has 2 aromatic carbocycles. The van der Waals surface area contributed by atoms with Crippen LogP contribution in [-0.4, -0.2) is 16.7 Å². The molecule has 0 bridgehead atoms. The van der Waals surface area contributed by atoms with Crippen molar-refractivity contribution in [2.75, 3.05) is 5.32 Å². The molecule has 0 radical (unpaired) electrons. The Kier molecular flexibility index (Phi) is 4.45. The lowest BCUT2D eigenvalue weighted by atomic mass is 10.1. The van der Waals surface area contributed by atoms with Gasteiger partial charge in [0.15, 0.2) is 0 Å². The van der Waals surface area contributed by atoms with Crippen LogP contribution in [0.25, 0.3) is 10.9 Å². The van der Waals surface area contributed by atoms with Crippen LogP contribution in [0.5, 0.6) is 0 Å². The molecular formula is C17H9ClF4N2O2. The third kappa shape index (κ3) is 3.41. The van der Waals surface area contributed by atoms with E-state index in [9.17, 15) is 27.2 Å². The maximum Gasteiger partial charge on any atom is 0.417 e. The highest BCUT2D eigenvalue weighted by molar-refractivity contribution is 6.48. The van der Waals surface area contributed by atoms with Gasteiger partial charge in [-0.1, -0.05) is 11.6 Å². The number of aromatic amines is 1. The number of H-pyrrole nitrogens is 1. The highest BCUT2D eigenvalue weighted by atomic mass is 35.5. The van der Waals surface area contributed by atoms with Crippen LogP contribution in [0.2, 0.25) is 5.02 Å². The summed E-state index contributed by atoms with van der Waals surface area (Å²) in [6, 6.07) is 6.36. The van der Waals surface area contributed by atoms with Gasteiger partial charge in [-0.2, -0.15) is 13.2 Å². The average molecular weight is 385 g/mol. The van der Waals surface area contributed by atoms with E-state index >= 15 is 0 Å². The molecule has 3 rings (SSSR count). The molecule has 2 N–H and O–H groups in total. The molecule has 0 saturated heterocycles. The van der Waals surface area contributed by atoms with E-state index in [1.165, 1.54) is 12.3 Å². The second kappa shape index (κ2) is 6.45. The number of carbonyl (C=O) groups excluding carboxylic acids is 2. The van der Waals surface area contributed by atoms with E-state index in [1.54, 1.807) is 0 Å². The summed E-state index contributed by atoms with van der Waals surface area (Å²) in [6.45, 7) is 0. The van der Waals surface area contributed by atoms with Crippen LogP contribution in [-0.2, 0) is 11.0 Å². The fraction of sp³-hybridized carbons (Fsp3) is 0.0588. The van der Waals surface area contributed by atoms with Gasteiger partial charge in [0.05, 0.1) is 16.1 Å². The maximum absolute atomic E-state index is 13.2. The average Bonchev–Trinajstić information content (AvgIpc) is 2.97. The van der Waals surface area contributed by atoms with E-state index in [2.05, 4.69) is 10.3 Å². The van der Waals surface area contributed by atoms with Gasteiger partial charge in [0.2, 0.25) is 0 Å². The number of ketones is 1. The standard InChI is InChI=1S/C17H9ClF4N2O2/c18-13-4-2-9(6-12(13)17(20,21)22)24-16(26)15(25)11-7-23-14-5-8(19)1-3-10(11)14/h1-7,23H,(H,24,26). The van der Waals surface area contributed by atoms with E-state index in [-0.39, 0.29) is 11.3 Å². The quantitative estimate of drug-likeness (QED) is 0.387. The SMILES string of the molecule is O=C(Nc1ccc(Cl)c(C(F)(F)F)c1)C(=O)c1c[nH]c2cc(F)ccc12. The molecule has 9 heteroatoms. The van der Waals surface area contributed by atoms with Crippen LogP contribution in [0.1, 0.15) is 15.9 Å². The number of hydrogen-bond donors (Lipinski definition) is 2. The van der Waals surface area contributed by atoms with Crippen molar-refractivity contribution >= 4 is 39.9 Å². The first-order valence-corrected chi connectivity index (χ1v) is 7.53. The van der Waals surface area contributed by atoms with Gasteiger partial charge in [-0.3, -0.25) is 9.59 Å². The van der Waals surface area contributed by atoms with Crippen LogP contribution >= 0.6 is 11.6 Å². The molecule has 134 valence electrons. The van der Waals surface area contributed by atoms with Crippen LogP contribution in [0.4, 0.5) is 23.2 Å². The van der Waals surface area contributed by atoms with Crippen LogP contribution < -0.4 is 5.32 Å². The zero-order valence-electron chi connectivity index (χ0n) is 12.7. The first-order valence-electron chi connectivity index (χ1n) is 7.16. The van der Waals surface area contributed by atoms with E-state index < -0.39 is 34.3 Å². The Morgan fingerprint density at radius 2 is 1.81 bits per heavy atom. The van der Waals surface area contributed by atoms with Gasteiger partial charge in [0.1, 0.15) is 5.82 Å². The molecule has 0 unspecified atom stereocenters. The fourth-order valence-electron chi connectivity index (χ4n) is 2.42. The number of alkyl halides is 3. The van der Waals surface area contributed by atoms with Gasteiger partial charge >= 0.3 is 6.18 Å². The summed E-state index contributed by atoms with van der Waals surface area (Å²) in [5.41, 5.74) is -1.08. The van der Waals surface area contributed by atoms with Crippen LogP contribution in [0.3, 0.4) is 0 Å².